The van der Waals surface area contributed by atoms with Gasteiger partial charge in [0, 0.05) is 12.2 Å². The van der Waals surface area contributed by atoms with E-state index in [2.05, 4.69) is 0 Å². The van der Waals surface area contributed by atoms with Crippen LogP contribution in [0.25, 0.3) is 0 Å². The van der Waals surface area contributed by atoms with Gasteiger partial charge in [-0.2, -0.15) is 0 Å². The van der Waals surface area contributed by atoms with Crippen LogP contribution in [0, 0.1) is 0 Å². The highest BCUT2D eigenvalue weighted by Gasteiger charge is 2.05. The maximum atomic E-state index is 10.7. The summed E-state index contributed by atoms with van der Waals surface area (Å²) >= 11 is 0. The number of unbranched alkanes of at least 4 members (excludes halogenated alkanes) is 3. The van der Waals surface area contributed by atoms with Gasteiger partial charge in [-0.1, -0.05) is 6.42 Å². The first-order valence-corrected chi connectivity index (χ1v) is 6.18. The number of ether oxygens (including phenoxy) is 2. The van der Waals surface area contributed by atoms with Crippen molar-refractivity contribution in [3.8, 4) is 11.5 Å². The average Bonchev–Trinajstić information content (AvgIpc) is 2.42. The third-order valence-electron chi connectivity index (χ3n) is 2.63. The van der Waals surface area contributed by atoms with Crippen molar-refractivity contribution >= 4 is 6.29 Å². The van der Waals surface area contributed by atoms with E-state index in [1.807, 2.05) is 0 Å². The zero-order chi connectivity index (χ0) is 13.2. The number of hydrogen-bond acceptors (Lipinski definition) is 4. The number of aliphatic hydroxyl groups is 1. The van der Waals surface area contributed by atoms with E-state index >= 15 is 0 Å². The molecule has 4 nitrogen and oxygen atoms in total. The lowest BCUT2D eigenvalue weighted by molar-refractivity contribution is 0.112. The van der Waals surface area contributed by atoms with Gasteiger partial charge in [0.1, 0.15) is 6.29 Å². The molecule has 0 atom stereocenters. The van der Waals surface area contributed by atoms with Gasteiger partial charge in [-0.15, -0.1) is 0 Å². The van der Waals surface area contributed by atoms with Gasteiger partial charge in [-0.3, -0.25) is 4.79 Å². The standard InChI is InChI=1S/C14H20O4/c1-17-13-7-6-12(11-16)10-14(13)18-9-5-3-2-4-8-15/h6-7,10-11,15H,2-5,8-9H2,1H3. The molecule has 0 saturated heterocycles. The van der Waals surface area contributed by atoms with Crippen LogP contribution in [0.1, 0.15) is 36.0 Å². The van der Waals surface area contributed by atoms with E-state index in [9.17, 15) is 4.79 Å². The van der Waals surface area contributed by atoms with E-state index in [4.69, 9.17) is 14.6 Å². The summed E-state index contributed by atoms with van der Waals surface area (Å²) in [5, 5.41) is 8.65. The topological polar surface area (TPSA) is 55.8 Å². The highest BCUT2D eigenvalue weighted by molar-refractivity contribution is 5.76. The van der Waals surface area contributed by atoms with Crippen LogP contribution in [-0.2, 0) is 0 Å². The molecule has 0 saturated carbocycles. The Labute approximate surface area is 108 Å². The second kappa shape index (κ2) is 8.53. The van der Waals surface area contributed by atoms with Crippen molar-refractivity contribution in [2.75, 3.05) is 20.3 Å². The Kier molecular flexibility index (Phi) is 6.87. The Morgan fingerprint density at radius 1 is 1.17 bits per heavy atom. The molecule has 1 aromatic carbocycles. The van der Waals surface area contributed by atoms with Crippen molar-refractivity contribution in [2.45, 2.75) is 25.7 Å². The molecule has 18 heavy (non-hydrogen) atoms. The van der Waals surface area contributed by atoms with Gasteiger partial charge in [-0.05, 0) is 37.5 Å². The Hall–Kier alpha value is -1.55. The highest BCUT2D eigenvalue weighted by Crippen LogP contribution is 2.27. The first kappa shape index (κ1) is 14.5. The Morgan fingerprint density at radius 3 is 2.61 bits per heavy atom. The van der Waals surface area contributed by atoms with Gasteiger partial charge in [0.25, 0.3) is 0 Å². The fourth-order valence-corrected chi connectivity index (χ4v) is 1.63. The van der Waals surface area contributed by atoms with E-state index in [1.54, 1.807) is 25.3 Å². The van der Waals surface area contributed by atoms with Crippen LogP contribution in [0.3, 0.4) is 0 Å². The quantitative estimate of drug-likeness (QED) is 0.541. The van der Waals surface area contributed by atoms with Gasteiger partial charge in [0.05, 0.1) is 13.7 Å². The summed E-state index contributed by atoms with van der Waals surface area (Å²) in [5.41, 5.74) is 0.575. The molecule has 0 aliphatic heterocycles. The number of methoxy groups -OCH3 is 1. The van der Waals surface area contributed by atoms with Crippen molar-refractivity contribution in [2.24, 2.45) is 0 Å². The normalized spacial score (nSPS) is 10.1. The third-order valence-corrected chi connectivity index (χ3v) is 2.63. The van der Waals surface area contributed by atoms with Gasteiger partial charge in [0.15, 0.2) is 11.5 Å². The minimum atomic E-state index is 0.246. The summed E-state index contributed by atoms with van der Waals surface area (Å²) < 4.78 is 10.8. The summed E-state index contributed by atoms with van der Waals surface area (Å²) in [4.78, 5) is 10.7. The van der Waals surface area contributed by atoms with Crippen LogP contribution in [0.15, 0.2) is 18.2 Å². The summed E-state index contributed by atoms with van der Waals surface area (Å²) in [6.45, 7) is 0.833. The van der Waals surface area contributed by atoms with Crippen molar-refractivity contribution in [3.63, 3.8) is 0 Å². The lowest BCUT2D eigenvalue weighted by Crippen LogP contribution is -2.00. The number of hydrogen-bond donors (Lipinski definition) is 1. The first-order valence-electron chi connectivity index (χ1n) is 6.18. The third kappa shape index (κ3) is 4.75. The molecule has 0 heterocycles. The molecule has 0 aromatic heterocycles. The molecule has 0 bridgehead atoms. The number of carbonyl (C=O) groups excluding carboxylic acids is 1. The molecule has 0 spiro atoms. The minimum Gasteiger partial charge on any atom is -0.493 e. The van der Waals surface area contributed by atoms with Crippen molar-refractivity contribution < 1.29 is 19.4 Å². The van der Waals surface area contributed by atoms with Crippen LogP contribution in [0.5, 0.6) is 11.5 Å². The molecule has 100 valence electrons. The second-order valence-electron chi connectivity index (χ2n) is 4.01. The Balaban J connectivity index is 2.42. The molecule has 1 N–H and O–H groups in total. The molecular formula is C14H20O4. The van der Waals surface area contributed by atoms with Crippen molar-refractivity contribution in [3.05, 3.63) is 23.8 Å². The molecule has 0 radical (unpaired) electrons. The molecule has 4 heteroatoms. The van der Waals surface area contributed by atoms with Crippen LogP contribution in [-0.4, -0.2) is 31.7 Å². The van der Waals surface area contributed by atoms with Crippen LogP contribution < -0.4 is 9.47 Å². The van der Waals surface area contributed by atoms with E-state index in [0.717, 1.165) is 32.0 Å². The fourth-order valence-electron chi connectivity index (χ4n) is 1.63. The summed E-state index contributed by atoms with van der Waals surface area (Å²) in [7, 11) is 1.57. The monoisotopic (exact) mass is 252 g/mol. The largest absolute Gasteiger partial charge is 0.493 e. The SMILES string of the molecule is COc1ccc(C=O)cc1OCCCCCCO. The molecular weight excluding hydrogens is 232 g/mol. The van der Waals surface area contributed by atoms with Crippen LogP contribution in [0.2, 0.25) is 0 Å². The van der Waals surface area contributed by atoms with Crippen molar-refractivity contribution in [1.29, 1.82) is 0 Å². The average molecular weight is 252 g/mol. The van der Waals surface area contributed by atoms with Crippen molar-refractivity contribution in [1.82, 2.24) is 0 Å². The summed E-state index contributed by atoms with van der Waals surface area (Å²) in [6.07, 6.45) is 4.58. The van der Waals surface area contributed by atoms with Gasteiger partial charge >= 0.3 is 0 Å². The molecule has 0 aliphatic rings. The molecule has 1 rings (SSSR count). The fraction of sp³-hybridized carbons (Fsp3) is 0.500. The summed E-state index contributed by atoms with van der Waals surface area (Å²) in [5.74, 6) is 1.24. The number of rotatable bonds is 9. The maximum Gasteiger partial charge on any atom is 0.161 e. The van der Waals surface area contributed by atoms with Gasteiger partial charge in [0.2, 0.25) is 0 Å². The van der Waals surface area contributed by atoms with E-state index in [1.165, 1.54) is 0 Å². The molecule has 1 aromatic rings. The Bertz CT molecular complexity index is 363. The maximum absolute atomic E-state index is 10.7. The first-order chi connectivity index (χ1) is 8.81. The number of aldehydes is 1. The minimum absolute atomic E-state index is 0.246. The Morgan fingerprint density at radius 2 is 1.94 bits per heavy atom. The van der Waals surface area contributed by atoms with Gasteiger partial charge < -0.3 is 14.6 Å². The zero-order valence-electron chi connectivity index (χ0n) is 10.7. The molecule has 0 unspecified atom stereocenters. The van der Waals surface area contributed by atoms with E-state index in [-0.39, 0.29) is 6.61 Å². The predicted octanol–water partition coefficient (Wildman–Crippen LogP) is 2.44. The van der Waals surface area contributed by atoms with E-state index < -0.39 is 0 Å². The predicted molar refractivity (Wildman–Crippen MR) is 69.4 cm³/mol. The number of carbonyl (C=O) groups is 1. The lowest BCUT2D eigenvalue weighted by atomic mass is 10.2. The zero-order valence-corrected chi connectivity index (χ0v) is 10.7. The molecule has 0 aliphatic carbocycles. The van der Waals surface area contributed by atoms with Crippen LogP contribution >= 0.6 is 0 Å². The smallest absolute Gasteiger partial charge is 0.161 e. The van der Waals surface area contributed by atoms with Gasteiger partial charge in [-0.25, -0.2) is 0 Å². The number of aliphatic hydroxyl groups excluding tert-OH is 1. The molecule has 0 amide bonds. The second-order valence-corrected chi connectivity index (χ2v) is 4.01. The highest BCUT2D eigenvalue weighted by atomic mass is 16.5. The summed E-state index contributed by atoms with van der Waals surface area (Å²) in [6, 6.07) is 5.10. The van der Waals surface area contributed by atoms with E-state index in [0.29, 0.717) is 23.7 Å². The molecule has 0 fully saturated rings. The van der Waals surface area contributed by atoms with Crippen LogP contribution in [0.4, 0.5) is 0 Å². The lowest BCUT2D eigenvalue weighted by Gasteiger charge is -2.10. The number of benzene rings is 1.